The van der Waals surface area contributed by atoms with E-state index in [1.807, 2.05) is 25.6 Å². The highest BCUT2D eigenvalue weighted by atomic mass is 32.2. The summed E-state index contributed by atoms with van der Waals surface area (Å²) in [4.78, 5) is 11.8. The molecule has 0 bridgehead atoms. The fourth-order valence-corrected chi connectivity index (χ4v) is 2.26. The van der Waals surface area contributed by atoms with Crippen molar-refractivity contribution in [3.8, 4) is 0 Å². The molecule has 2 nitrogen and oxygen atoms in total. The van der Waals surface area contributed by atoms with E-state index in [1.54, 1.807) is 0 Å². The molecule has 0 heterocycles. The van der Waals surface area contributed by atoms with Crippen LogP contribution >= 0.6 is 11.8 Å². The molecule has 0 rings (SSSR count). The highest BCUT2D eigenvalue weighted by molar-refractivity contribution is 7.99. The van der Waals surface area contributed by atoms with Gasteiger partial charge in [-0.05, 0) is 24.0 Å². The van der Waals surface area contributed by atoms with Crippen molar-refractivity contribution >= 4 is 17.5 Å². The Balaban J connectivity index is 3.98. The van der Waals surface area contributed by atoms with Gasteiger partial charge in [0, 0.05) is 5.92 Å². The lowest BCUT2D eigenvalue weighted by atomic mass is 10.00. The molecule has 0 saturated heterocycles. The molecule has 1 atom stereocenters. The molecule has 0 aliphatic heterocycles. The summed E-state index contributed by atoms with van der Waals surface area (Å²) in [5.74, 6) is 1.55. The Hall–Kier alpha value is -0.0200. The van der Waals surface area contributed by atoms with Crippen LogP contribution in [0.1, 0.15) is 41.0 Å². The zero-order valence-corrected chi connectivity index (χ0v) is 11.5. The van der Waals surface area contributed by atoms with E-state index in [2.05, 4.69) is 26.1 Å². The molecular formula is C12H25NOS. The van der Waals surface area contributed by atoms with Crippen LogP contribution in [-0.2, 0) is 4.79 Å². The molecule has 0 spiro atoms. The Morgan fingerprint density at radius 2 is 1.87 bits per heavy atom. The minimum absolute atomic E-state index is 0.0567. The number of hydrogen-bond donors (Lipinski definition) is 1. The second-order valence-corrected chi connectivity index (χ2v) is 6.06. The summed E-state index contributed by atoms with van der Waals surface area (Å²) in [6.07, 6.45) is 0.952. The molecular weight excluding hydrogens is 206 g/mol. The van der Waals surface area contributed by atoms with Gasteiger partial charge in [-0.3, -0.25) is 4.79 Å². The largest absolute Gasteiger partial charge is 0.308 e. The molecule has 15 heavy (non-hydrogen) atoms. The second kappa shape index (κ2) is 8.17. The average molecular weight is 231 g/mol. The van der Waals surface area contributed by atoms with E-state index in [0.29, 0.717) is 11.0 Å². The number of ketones is 1. The Bertz CT molecular complexity index is 180. The number of hydrogen-bond acceptors (Lipinski definition) is 3. The normalized spacial score (nSPS) is 13.5. The summed E-state index contributed by atoms with van der Waals surface area (Å²) in [7, 11) is 0. The Morgan fingerprint density at radius 3 is 2.27 bits per heavy atom. The summed E-state index contributed by atoms with van der Waals surface area (Å²) >= 11 is 1.92. The maximum atomic E-state index is 11.8. The molecule has 0 aromatic carbocycles. The maximum absolute atomic E-state index is 11.8. The molecule has 90 valence electrons. The van der Waals surface area contributed by atoms with Crippen LogP contribution < -0.4 is 5.32 Å². The van der Waals surface area contributed by atoms with Gasteiger partial charge in [0.1, 0.15) is 0 Å². The summed E-state index contributed by atoms with van der Waals surface area (Å²) in [5.41, 5.74) is 0. The van der Waals surface area contributed by atoms with Crippen LogP contribution in [-0.4, -0.2) is 29.4 Å². The highest BCUT2D eigenvalue weighted by Crippen LogP contribution is 2.13. The van der Waals surface area contributed by atoms with E-state index in [1.165, 1.54) is 0 Å². The fraction of sp³-hybridized carbons (Fsp3) is 0.917. The molecule has 0 fully saturated rings. The first kappa shape index (κ1) is 15.0. The molecule has 0 aromatic heterocycles. The van der Waals surface area contributed by atoms with E-state index >= 15 is 0 Å². The van der Waals surface area contributed by atoms with Crippen molar-refractivity contribution in [1.29, 1.82) is 0 Å². The van der Waals surface area contributed by atoms with Gasteiger partial charge in [-0.15, -0.1) is 0 Å². The molecule has 0 radical (unpaired) electrons. The lowest BCUT2D eigenvalue weighted by molar-refractivity contribution is -0.124. The standard InChI is InChI=1S/C12H25NOS/c1-6-13-11(12(14)9(2)3)7-8-15-10(4)5/h9-11,13H,6-8H2,1-5H3. The molecule has 0 amide bonds. The van der Waals surface area contributed by atoms with Crippen LogP contribution in [0.3, 0.4) is 0 Å². The van der Waals surface area contributed by atoms with Gasteiger partial charge in [0.2, 0.25) is 0 Å². The van der Waals surface area contributed by atoms with Crippen molar-refractivity contribution in [3.05, 3.63) is 0 Å². The van der Waals surface area contributed by atoms with Crippen molar-refractivity contribution in [1.82, 2.24) is 5.32 Å². The summed E-state index contributed by atoms with van der Waals surface area (Å²) < 4.78 is 0. The van der Waals surface area contributed by atoms with Gasteiger partial charge in [0.05, 0.1) is 6.04 Å². The predicted octanol–water partition coefficient (Wildman–Crippen LogP) is 2.72. The fourth-order valence-electron chi connectivity index (χ4n) is 1.42. The average Bonchev–Trinajstić information content (AvgIpc) is 2.14. The van der Waals surface area contributed by atoms with Gasteiger partial charge in [0.25, 0.3) is 0 Å². The Kier molecular flexibility index (Phi) is 8.16. The van der Waals surface area contributed by atoms with Crippen LogP contribution in [0.5, 0.6) is 0 Å². The van der Waals surface area contributed by atoms with Gasteiger partial charge in [0.15, 0.2) is 5.78 Å². The van der Waals surface area contributed by atoms with Crippen LogP contribution in [0.25, 0.3) is 0 Å². The number of nitrogens with one attached hydrogen (secondary N) is 1. The zero-order chi connectivity index (χ0) is 11.8. The van der Waals surface area contributed by atoms with Crippen LogP contribution in [0.2, 0.25) is 0 Å². The zero-order valence-electron chi connectivity index (χ0n) is 10.7. The quantitative estimate of drug-likeness (QED) is 0.696. The molecule has 1 unspecified atom stereocenters. The SMILES string of the molecule is CCNC(CCSC(C)C)C(=O)C(C)C. The van der Waals surface area contributed by atoms with Crippen LogP contribution in [0.15, 0.2) is 0 Å². The third kappa shape index (κ3) is 6.96. The molecule has 1 N–H and O–H groups in total. The molecule has 0 saturated carbocycles. The van der Waals surface area contributed by atoms with Gasteiger partial charge < -0.3 is 5.32 Å². The first-order valence-corrected chi connectivity index (χ1v) is 6.92. The van der Waals surface area contributed by atoms with E-state index in [4.69, 9.17) is 0 Å². The van der Waals surface area contributed by atoms with Gasteiger partial charge in [-0.1, -0.05) is 34.6 Å². The number of thioether (sulfide) groups is 1. The Labute approximate surface area is 98.6 Å². The number of carbonyl (C=O) groups excluding carboxylic acids is 1. The van der Waals surface area contributed by atoms with Gasteiger partial charge >= 0.3 is 0 Å². The van der Waals surface area contributed by atoms with E-state index < -0.39 is 0 Å². The van der Waals surface area contributed by atoms with E-state index in [0.717, 1.165) is 18.7 Å². The molecule has 0 aromatic rings. The minimum atomic E-state index is 0.0567. The van der Waals surface area contributed by atoms with Crippen molar-refractivity contribution in [2.75, 3.05) is 12.3 Å². The minimum Gasteiger partial charge on any atom is -0.308 e. The molecule has 0 aliphatic carbocycles. The van der Waals surface area contributed by atoms with Crippen LogP contribution in [0.4, 0.5) is 0 Å². The van der Waals surface area contributed by atoms with Crippen molar-refractivity contribution in [2.24, 2.45) is 5.92 Å². The first-order valence-electron chi connectivity index (χ1n) is 5.87. The third-order valence-corrected chi connectivity index (χ3v) is 3.36. The first-order chi connectivity index (χ1) is 6.99. The number of likely N-dealkylation sites (N-methyl/N-ethyl adjacent to an activating group) is 1. The monoisotopic (exact) mass is 231 g/mol. The maximum Gasteiger partial charge on any atom is 0.152 e. The van der Waals surface area contributed by atoms with E-state index in [9.17, 15) is 4.79 Å². The smallest absolute Gasteiger partial charge is 0.152 e. The van der Waals surface area contributed by atoms with Gasteiger partial charge in [-0.2, -0.15) is 11.8 Å². The van der Waals surface area contributed by atoms with Crippen molar-refractivity contribution in [2.45, 2.75) is 52.3 Å². The number of carbonyl (C=O) groups is 1. The molecule has 0 aliphatic rings. The lowest BCUT2D eigenvalue weighted by Gasteiger charge is -2.18. The molecule has 3 heteroatoms. The van der Waals surface area contributed by atoms with Crippen LogP contribution in [0, 0.1) is 5.92 Å². The predicted molar refractivity (Wildman–Crippen MR) is 69.5 cm³/mol. The third-order valence-electron chi connectivity index (χ3n) is 2.22. The summed E-state index contributed by atoms with van der Waals surface area (Å²) in [6.45, 7) is 11.3. The summed E-state index contributed by atoms with van der Waals surface area (Å²) in [6, 6.07) is 0.0567. The van der Waals surface area contributed by atoms with Crippen molar-refractivity contribution < 1.29 is 4.79 Å². The second-order valence-electron chi connectivity index (χ2n) is 4.38. The topological polar surface area (TPSA) is 29.1 Å². The number of Topliss-reactive ketones (excluding diaryl/α,β-unsaturated/α-hetero) is 1. The number of rotatable bonds is 8. The summed E-state index contributed by atoms with van der Waals surface area (Å²) in [5, 5.41) is 3.93. The Morgan fingerprint density at radius 1 is 1.27 bits per heavy atom. The highest BCUT2D eigenvalue weighted by Gasteiger charge is 2.19. The van der Waals surface area contributed by atoms with E-state index in [-0.39, 0.29) is 12.0 Å². The van der Waals surface area contributed by atoms with Gasteiger partial charge in [-0.25, -0.2) is 0 Å². The lowest BCUT2D eigenvalue weighted by Crippen LogP contribution is -2.39. The van der Waals surface area contributed by atoms with Crippen molar-refractivity contribution in [3.63, 3.8) is 0 Å².